The van der Waals surface area contributed by atoms with Gasteiger partial charge in [0.1, 0.15) is 0 Å². The summed E-state index contributed by atoms with van der Waals surface area (Å²) in [6, 6.07) is 0. The van der Waals surface area contributed by atoms with Gasteiger partial charge < -0.3 is 14.7 Å². The first kappa shape index (κ1) is 16.0. The van der Waals surface area contributed by atoms with Crippen LogP contribution in [-0.4, -0.2) is 48.2 Å². The number of carbonyl (C=O) groups is 2. The Kier molecular flexibility index (Phi) is 6.28. The van der Waals surface area contributed by atoms with Crippen LogP contribution in [-0.2, 0) is 14.3 Å². The summed E-state index contributed by atoms with van der Waals surface area (Å²) in [5.74, 6) is -1.46. The zero-order valence-corrected chi connectivity index (χ0v) is 12.1. The molecule has 0 saturated heterocycles. The Balaban J connectivity index is 2.64. The number of carboxylic acids is 1. The van der Waals surface area contributed by atoms with Crippen LogP contribution in [0.1, 0.15) is 33.6 Å². The number of likely N-dealkylation sites (N-methyl/N-ethyl adjacent to an activating group) is 1. The first-order chi connectivity index (χ1) is 9.01. The van der Waals surface area contributed by atoms with Crippen molar-refractivity contribution in [2.75, 3.05) is 26.3 Å². The van der Waals surface area contributed by atoms with Gasteiger partial charge >= 0.3 is 5.97 Å². The van der Waals surface area contributed by atoms with Gasteiger partial charge in [0.2, 0.25) is 5.91 Å². The second-order valence-corrected chi connectivity index (χ2v) is 5.24. The van der Waals surface area contributed by atoms with Crippen LogP contribution < -0.4 is 0 Å². The molecule has 0 heterocycles. The molecule has 1 amide bonds. The van der Waals surface area contributed by atoms with Gasteiger partial charge in [0.15, 0.2) is 0 Å². The van der Waals surface area contributed by atoms with Crippen LogP contribution in [0.2, 0.25) is 0 Å². The van der Waals surface area contributed by atoms with E-state index in [1.54, 1.807) is 4.90 Å². The molecule has 0 bridgehead atoms. The Labute approximate surface area is 114 Å². The lowest BCUT2D eigenvalue weighted by Gasteiger charge is -2.26. The molecule has 1 rings (SSSR count). The number of carboxylic acid groups (broad SMARTS) is 1. The maximum atomic E-state index is 12.4. The average Bonchev–Trinajstić information content (AvgIpc) is 2.76. The Morgan fingerprint density at radius 3 is 2.42 bits per heavy atom. The van der Waals surface area contributed by atoms with Crippen molar-refractivity contribution in [1.82, 2.24) is 4.90 Å². The number of rotatable bonds is 7. The fourth-order valence-electron chi connectivity index (χ4n) is 2.82. The van der Waals surface area contributed by atoms with Gasteiger partial charge in [0.25, 0.3) is 0 Å². The third-order valence-corrected chi connectivity index (χ3v) is 3.84. The van der Waals surface area contributed by atoms with Crippen molar-refractivity contribution in [2.24, 2.45) is 17.8 Å². The standard InChI is InChI=1S/C14H25NO4/c1-4-15(6-7-19-5-2)13(16)11-8-10(3)9-12(11)14(17)18/h10-12H,4-9H2,1-3H3,(H,17,18). The molecule has 0 spiro atoms. The molecule has 1 aliphatic rings. The predicted molar refractivity (Wildman–Crippen MR) is 71.8 cm³/mol. The van der Waals surface area contributed by atoms with Crippen molar-refractivity contribution >= 4 is 11.9 Å². The van der Waals surface area contributed by atoms with E-state index in [1.807, 2.05) is 20.8 Å². The minimum absolute atomic E-state index is 0.0287. The first-order valence-electron chi connectivity index (χ1n) is 7.10. The summed E-state index contributed by atoms with van der Waals surface area (Å²) < 4.78 is 5.26. The Bertz CT molecular complexity index is 319. The van der Waals surface area contributed by atoms with Crippen LogP contribution in [0.3, 0.4) is 0 Å². The highest BCUT2D eigenvalue weighted by Gasteiger charge is 2.42. The molecule has 19 heavy (non-hydrogen) atoms. The van der Waals surface area contributed by atoms with Crippen LogP contribution in [0.4, 0.5) is 0 Å². The van der Waals surface area contributed by atoms with Crippen LogP contribution >= 0.6 is 0 Å². The Morgan fingerprint density at radius 1 is 1.26 bits per heavy atom. The van der Waals surface area contributed by atoms with E-state index in [2.05, 4.69) is 0 Å². The molecule has 0 aromatic carbocycles. The van der Waals surface area contributed by atoms with Crippen molar-refractivity contribution in [3.05, 3.63) is 0 Å². The van der Waals surface area contributed by atoms with E-state index in [4.69, 9.17) is 4.74 Å². The molecule has 0 aromatic heterocycles. The number of hydrogen-bond donors (Lipinski definition) is 1. The fourth-order valence-corrected chi connectivity index (χ4v) is 2.82. The van der Waals surface area contributed by atoms with Gasteiger partial charge in [-0.15, -0.1) is 0 Å². The summed E-state index contributed by atoms with van der Waals surface area (Å²) in [5, 5.41) is 9.22. The summed E-state index contributed by atoms with van der Waals surface area (Å²) in [4.78, 5) is 25.4. The maximum absolute atomic E-state index is 12.4. The molecule has 5 nitrogen and oxygen atoms in total. The van der Waals surface area contributed by atoms with E-state index in [9.17, 15) is 14.7 Å². The molecule has 1 aliphatic carbocycles. The zero-order valence-electron chi connectivity index (χ0n) is 12.1. The molecule has 1 saturated carbocycles. The Morgan fingerprint density at radius 2 is 1.89 bits per heavy atom. The molecule has 3 unspecified atom stereocenters. The molecule has 5 heteroatoms. The van der Waals surface area contributed by atoms with Crippen molar-refractivity contribution in [3.8, 4) is 0 Å². The molecule has 0 aromatic rings. The van der Waals surface area contributed by atoms with E-state index in [0.717, 1.165) is 0 Å². The second kappa shape index (κ2) is 7.48. The number of nitrogens with zero attached hydrogens (tertiary/aromatic N) is 1. The number of amides is 1. The molecule has 1 N–H and O–H groups in total. The number of ether oxygens (including phenoxy) is 1. The normalized spacial score (nSPS) is 26.4. The highest BCUT2D eigenvalue weighted by Crippen LogP contribution is 2.37. The SMILES string of the molecule is CCOCCN(CC)C(=O)C1CC(C)CC1C(=O)O. The van der Waals surface area contributed by atoms with E-state index in [-0.39, 0.29) is 11.8 Å². The third-order valence-electron chi connectivity index (χ3n) is 3.84. The maximum Gasteiger partial charge on any atom is 0.307 e. The summed E-state index contributed by atoms with van der Waals surface area (Å²) in [5.41, 5.74) is 0. The third kappa shape index (κ3) is 4.20. The minimum atomic E-state index is -0.844. The number of carbonyl (C=O) groups excluding carboxylic acids is 1. The van der Waals surface area contributed by atoms with Gasteiger partial charge in [-0.1, -0.05) is 6.92 Å². The second-order valence-electron chi connectivity index (χ2n) is 5.24. The molecule has 3 atom stereocenters. The van der Waals surface area contributed by atoms with Gasteiger partial charge in [-0.05, 0) is 32.6 Å². The quantitative estimate of drug-likeness (QED) is 0.714. The smallest absolute Gasteiger partial charge is 0.307 e. The predicted octanol–water partition coefficient (Wildman–Crippen LogP) is 1.62. The van der Waals surface area contributed by atoms with Crippen molar-refractivity contribution in [1.29, 1.82) is 0 Å². The van der Waals surface area contributed by atoms with E-state index < -0.39 is 11.9 Å². The minimum Gasteiger partial charge on any atom is -0.481 e. The van der Waals surface area contributed by atoms with Crippen LogP contribution in [0.25, 0.3) is 0 Å². The molecule has 1 fully saturated rings. The van der Waals surface area contributed by atoms with E-state index in [1.165, 1.54) is 0 Å². The first-order valence-corrected chi connectivity index (χ1v) is 7.10. The number of aliphatic carboxylic acids is 1. The van der Waals surface area contributed by atoms with Crippen LogP contribution in [0.5, 0.6) is 0 Å². The highest BCUT2D eigenvalue weighted by molar-refractivity contribution is 5.85. The van der Waals surface area contributed by atoms with Gasteiger partial charge in [-0.2, -0.15) is 0 Å². The lowest BCUT2D eigenvalue weighted by molar-refractivity contribution is -0.149. The van der Waals surface area contributed by atoms with Gasteiger partial charge in [0, 0.05) is 19.7 Å². The molecular weight excluding hydrogens is 246 g/mol. The van der Waals surface area contributed by atoms with E-state index in [0.29, 0.717) is 45.1 Å². The molecule has 0 aliphatic heterocycles. The van der Waals surface area contributed by atoms with Gasteiger partial charge in [0.05, 0.1) is 18.4 Å². The molecule has 110 valence electrons. The van der Waals surface area contributed by atoms with Gasteiger partial charge in [-0.3, -0.25) is 9.59 Å². The van der Waals surface area contributed by atoms with Crippen LogP contribution in [0, 0.1) is 17.8 Å². The lowest BCUT2D eigenvalue weighted by atomic mass is 9.94. The highest BCUT2D eigenvalue weighted by atomic mass is 16.5. The average molecular weight is 271 g/mol. The molecular formula is C14H25NO4. The Hall–Kier alpha value is -1.10. The number of hydrogen-bond acceptors (Lipinski definition) is 3. The van der Waals surface area contributed by atoms with Gasteiger partial charge in [-0.25, -0.2) is 0 Å². The van der Waals surface area contributed by atoms with Crippen LogP contribution in [0.15, 0.2) is 0 Å². The lowest BCUT2D eigenvalue weighted by Crippen LogP contribution is -2.40. The summed E-state index contributed by atoms with van der Waals surface area (Å²) in [6.45, 7) is 8.12. The zero-order chi connectivity index (χ0) is 14.4. The van der Waals surface area contributed by atoms with E-state index >= 15 is 0 Å². The summed E-state index contributed by atoms with van der Waals surface area (Å²) >= 11 is 0. The van der Waals surface area contributed by atoms with Crippen molar-refractivity contribution < 1.29 is 19.4 Å². The topological polar surface area (TPSA) is 66.8 Å². The fraction of sp³-hybridized carbons (Fsp3) is 0.857. The monoisotopic (exact) mass is 271 g/mol. The summed E-state index contributed by atoms with van der Waals surface area (Å²) in [6.07, 6.45) is 1.29. The summed E-state index contributed by atoms with van der Waals surface area (Å²) in [7, 11) is 0. The molecule has 0 radical (unpaired) electrons. The van der Waals surface area contributed by atoms with Crippen molar-refractivity contribution in [3.63, 3.8) is 0 Å². The largest absolute Gasteiger partial charge is 0.481 e. The van der Waals surface area contributed by atoms with Crippen molar-refractivity contribution in [2.45, 2.75) is 33.6 Å².